The molecule has 1 saturated heterocycles. The van der Waals surface area contributed by atoms with E-state index in [9.17, 15) is 29.7 Å². The zero-order valence-electron chi connectivity index (χ0n) is 15.5. The largest absolute Gasteiger partial charge is 0.481 e. The molecular weight excluding hydrogens is 374 g/mol. The number of carboxylic acids is 2. The molecular formula is C17H26N3O6S+. The second-order valence-corrected chi connectivity index (χ2v) is 8.42. The average Bonchev–Trinajstić information content (AvgIpc) is 3.13. The molecule has 5 N–H and O–H groups in total. The quantitative estimate of drug-likeness (QED) is 0.277. The lowest BCUT2D eigenvalue weighted by Gasteiger charge is -2.27. The summed E-state index contributed by atoms with van der Waals surface area (Å²) in [5.41, 5.74) is -0.0338. The molecule has 150 valence electrons. The van der Waals surface area contributed by atoms with Crippen LogP contribution in [0.1, 0.15) is 20.3 Å². The van der Waals surface area contributed by atoms with Crippen molar-refractivity contribution < 1.29 is 34.3 Å². The number of nitrogens with zero attached hydrogens (tertiary/aromatic N) is 1. The van der Waals surface area contributed by atoms with Crippen LogP contribution in [0.2, 0.25) is 0 Å². The van der Waals surface area contributed by atoms with Gasteiger partial charge in [0.1, 0.15) is 31.4 Å². The maximum Gasteiger partial charge on any atom is 0.403 e. The van der Waals surface area contributed by atoms with E-state index in [1.807, 2.05) is 0 Å². The van der Waals surface area contributed by atoms with Gasteiger partial charge in [-0.15, -0.1) is 11.8 Å². The number of aliphatic hydroxyl groups is 1. The lowest BCUT2D eigenvalue weighted by Crippen LogP contribution is -2.45. The van der Waals surface area contributed by atoms with E-state index in [-0.39, 0.29) is 22.9 Å². The fourth-order valence-corrected chi connectivity index (χ4v) is 5.03. The Hall–Kier alpha value is -1.91. The second-order valence-electron chi connectivity index (χ2n) is 7.08. The number of hydrogen-bond donors (Lipinski definition) is 5. The number of rotatable bonds is 7. The van der Waals surface area contributed by atoms with Crippen molar-refractivity contribution in [3.05, 3.63) is 10.6 Å². The minimum absolute atomic E-state index is 0.0268. The summed E-state index contributed by atoms with van der Waals surface area (Å²) in [7, 11) is 1.57. The highest BCUT2D eigenvalue weighted by molar-refractivity contribution is 8.03. The average molecular weight is 400 g/mol. The molecule has 0 aliphatic carbocycles. The van der Waals surface area contributed by atoms with Crippen molar-refractivity contribution in [3.63, 3.8) is 0 Å². The van der Waals surface area contributed by atoms with Crippen molar-refractivity contribution in [2.75, 3.05) is 13.6 Å². The molecule has 2 aliphatic rings. The van der Waals surface area contributed by atoms with E-state index in [1.165, 1.54) is 23.3 Å². The third-order valence-corrected chi connectivity index (χ3v) is 6.50. The van der Waals surface area contributed by atoms with Gasteiger partial charge in [-0.3, -0.25) is 4.79 Å². The van der Waals surface area contributed by atoms with E-state index < -0.39 is 35.9 Å². The van der Waals surface area contributed by atoms with Crippen LogP contribution in [0.15, 0.2) is 10.6 Å². The van der Waals surface area contributed by atoms with Gasteiger partial charge in [0.05, 0.1) is 6.10 Å². The molecule has 1 unspecified atom stereocenters. The number of carboxylic acid groups (broad SMARTS) is 2. The number of hydrogen-bond acceptors (Lipinski definition) is 7. The molecule has 0 saturated carbocycles. The number of amides is 1. The molecule has 1 fully saturated rings. The van der Waals surface area contributed by atoms with Gasteiger partial charge in [-0.25, -0.2) is 9.59 Å². The van der Waals surface area contributed by atoms with Crippen LogP contribution in [0.3, 0.4) is 0 Å². The maximum absolute atomic E-state index is 12.0. The van der Waals surface area contributed by atoms with Crippen molar-refractivity contribution in [2.45, 2.75) is 43.7 Å². The van der Waals surface area contributed by atoms with Crippen LogP contribution < -0.4 is 10.6 Å². The summed E-state index contributed by atoms with van der Waals surface area (Å²) in [4.78, 5) is 35.8. The lowest BCUT2D eigenvalue weighted by molar-refractivity contribution is -0.412. The van der Waals surface area contributed by atoms with E-state index in [1.54, 1.807) is 14.0 Å². The predicted molar refractivity (Wildman–Crippen MR) is 99.7 cm³/mol. The molecule has 6 atom stereocenters. The molecule has 2 rings (SSSR count). The number of likely N-dealkylation sites (N-methyl/N-ethyl adjacent to an activating group) is 1. The Kier molecular flexibility index (Phi) is 6.66. The number of aliphatic hydroxyl groups excluding tert-OH is 1. The van der Waals surface area contributed by atoms with Gasteiger partial charge < -0.3 is 26.0 Å². The van der Waals surface area contributed by atoms with Crippen LogP contribution in [0.4, 0.5) is 0 Å². The zero-order chi connectivity index (χ0) is 20.5. The van der Waals surface area contributed by atoms with Crippen molar-refractivity contribution in [1.29, 1.82) is 0 Å². The Labute approximate surface area is 161 Å². The first-order valence-corrected chi connectivity index (χ1v) is 9.55. The topological polar surface area (TPSA) is 139 Å². The highest BCUT2D eigenvalue weighted by Gasteiger charge is 2.45. The first kappa shape index (κ1) is 21.4. The number of thioether (sulfide) groups is 1. The number of carbonyl (C=O) groups excluding carboxylic acids is 1. The van der Waals surface area contributed by atoms with Crippen LogP contribution >= 0.6 is 11.8 Å². The number of nitrogens with one attached hydrogen (secondary N) is 2. The van der Waals surface area contributed by atoms with E-state index >= 15 is 0 Å². The van der Waals surface area contributed by atoms with Crippen molar-refractivity contribution >= 4 is 36.3 Å². The van der Waals surface area contributed by atoms with Crippen LogP contribution in [0.5, 0.6) is 0 Å². The molecule has 27 heavy (non-hydrogen) atoms. The third kappa shape index (κ3) is 4.50. The number of carbonyl (C=O) groups is 3. The summed E-state index contributed by atoms with van der Waals surface area (Å²) in [6.07, 6.45) is -0.611. The van der Waals surface area contributed by atoms with Crippen molar-refractivity contribution in [3.8, 4) is 0 Å². The lowest BCUT2D eigenvalue weighted by atomic mass is 9.87. The van der Waals surface area contributed by atoms with Gasteiger partial charge >= 0.3 is 17.8 Å². The van der Waals surface area contributed by atoms with E-state index in [2.05, 4.69) is 17.4 Å². The highest BCUT2D eigenvalue weighted by Crippen LogP contribution is 2.41. The SMILES string of the molecule is C=[N+](C)C(=O)C1C[C@H](SC2=C(C(=O)O)N[C@@H]([C@H](C(=O)O)[C@@H](C)O)[C@H]2C)CN1. The smallest absolute Gasteiger partial charge is 0.403 e. The molecule has 0 aromatic rings. The molecule has 2 heterocycles. The highest BCUT2D eigenvalue weighted by atomic mass is 32.2. The van der Waals surface area contributed by atoms with Crippen LogP contribution in [0.25, 0.3) is 0 Å². The minimum atomic E-state index is -1.18. The van der Waals surface area contributed by atoms with E-state index in [4.69, 9.17) is 0 Å². The summed E-state index contributed by atoms with van der Waals surface area (Å²) in [5, 5.41) is 34.7. The Morgan fingerprint density at radius 2 is 1.96 bits per heavy atom. The second kappa shape index (κ2) is 8.41. The minimum Gasteiger partial charge on any atom is -0.481 e. The Balaban J connectivity index is 2.17. The fourth-order valence-electron chi connectivity index (χ4n) is 3.57. The van der Waals surface area contributed by atoms with Gasteiger partial charge in [0.2, 0.25) is 0 Å². The normalized spacial score (nSPS) is 29.9. The van der Waals surface area contributed by atoms with Crippen LogP contribution in [-0.4, -0.2) is 81.5 Å². The van der Waals surface area contributed by atoms with Gasteiger partial charge in [-0.1, -0.05) is 6.92 Å². The first-order chi connectivity index (χ1) is 12.5. The van der Waals surface area contributed by atoms with E-state index in [0.29, 0.717) is 17.9 Å². The summed E-state index contributed by atoms with van der Waals surface area (Å²) < 4.78 is 1.27. The molecule has 0 aromatic carbocycles. The molecule has 1 amide bonds. The van der Waals surface area contributed by atoms with Crippen LogP contribution in [0, 0.1) is 11.8 Å². The monoisotopic (exact) mass is 400 g/mol. The van der Waals surface area contributed by atoms with E-state index in [0.717, 1.165) is 0 Å². The Morgan fingerprint density at radius 1 is 1.33 bits per heavy atom. The molecule has 2 aliphatic heterocycles. The third-order valence-electron chi connectivity index (χ3n) is 4.97. The number of aliphatic carboxylic acids is 2. The van der Waals surface area contributed by atoms with Gasteiger partial charge in [-0.2, -0.15) is 4.58 Å². The summed E-state index contributed by atoms with van der Waals surface area (Å²) >= 11 is 1.34. The molecule has 9 nitrogen and oxygen atoms in total. The molecule has 0 spiro atoms. The Morgan fingerprint density at radius 3 is 2.44 bits per heavy atom. The fraction of sp³-hybridized carbons (Fsp3) is 0.647. The summed E-state index contributed by atoms with van der Waals surface area (Å²) in [6.45, 7) is 7.24. The first-order valence-electron chi connectivity index (χ1n) is 8.67. The standard InChI is InChI=1S/C17H25N3O6S/c1-7-12(11(8(2)21)16(23)24)19-13(17(25)26)14(7)27-9-5-10(18-6-9)15(22)20(3)4/h7-12,18-19,21H,3,5-6H2,1-2,4H3,(H-,23,24,25,26)/p+1/t7-,8-,9+,10?,11-,12-/m1/s1. The Bertz CT molecular complexity index is 692. The molecule has 10 heteroatoms. The van der Waals surface area contributed by atoms with Gasteiger partial charge in [0, 0.05) is 28.7 Å². The molecule has 0 radical (unpaired) electrons. The molecule has 0 bridgehead atoms. The van der Waals surface area contributed by atoms with Crippen molar-refractivity contribution in [1.82, 2.24) is 10.6 Å². The zero-order valence-corrected chi connectivity index (χ0v) is 16.3. The van der Waals surface area contributed by atoms with Crippen LogP contribution in [-0.2, 0) is 14.4 Å². The van der Waals surface area contributed by atoms with Gasteiger partial charge in [0.15, 0.2) is 0 Å². The predicted octanol–water partition coefficient (Wildman–Crippen LogP) is -0.695. The summed E-state index contributed by atoms with van der Waals surface area (Å²) in [6, 6.07) is -1.10. The molecule has 0 aromatic heterocycles. The maximum atomic E-state index is 12.0. The van der Waals surface area contributed by atoms with Gasteiger partial charge in [-0.05, 0) is 13.3 Å². The van der Waals surface area contributed by atoms with Gasteiger partial charge in [0.25, 0.3) is 0 Å². The van der Waals surface area contributed by atoms with Crippen molar-refractivity contribution in [2.24, 2.45) is 11.8 Å². The summed E-state index contributed by atoms with van der Waals surface area (Å²) in [5.74, 6) is -4.03.